The van der Waals surface area contributed by atoms with E-state index in [1.165, 1.54) is 0 Å². The zero-order valence-electron chi connectivity index (χ0n) is 10.7. The number of amides is 1. The van der Waals surface area contributed by atoms with Crippen molar-refractivity contribution in [3.8, 4) is 0 Å². The highest BCUT2D eigenvalue weighted by Crippen LogP contribution is 2.34. The number of carbonyl (C=O) groups is 1. The van der Waals surface area contributed by atoms with Crippen LogP contribution < -0.4 is 5.32 Å². The van der Waals surface area contributed by atoms with Crippen molar-refractivity contribution in [1.82, 2.24) is 10.2 Å². The van der Waals surface area contributed by atoms with Crippen LogP contribution in [0.15, 0.2) is 0 Å². The van der Waals surface area contributed by atoms with E-state index in [-0.39, 0.29) is 12.0 Å². The molecule has 4 heteroatoms. The lowest BCUT2D eigenvalue weighted by Gasteiger charge is -2.31. The summed E-state index contributed by atoms with van der Waals surface area (Å²) in [6, 6.07) is 0.796. The van der Waals surface area contributed by atoms with Gasteiger partial charge in [-0.15, -0.1) is 0 Å². The number of hydrogen-bond donors (Lipinski definition) is 1. The van der Waals surface area contributed by atoms with Crippen molar-refractivity contribution >= 4 is 5.91 Å². The topological polar surface area (TPSA) is 41.6 Å². The Balaban J connectivity index is 1.76. The Morgan fingerprint density at radius 2 is 2.18 bits per heavy atom. The molecule has 4 nitrogen and oxygen atoms in total. The average molecular weight is 238 g/mol. The van der Waals surface area contributed by atoms with Gasteiger partial charge in [-0.05, 0) is 31.6 Å². The molecule has 1 amide bonds. The Morgan fingerprint density at radius 1 is 1.35 bits per heavy atom. The molecule has 0 saturated carbocycles. The fourth-order valence-corrected chi connectivity index (χ4v) is 3.70. The first kappa shape index (κ1) is 11.5. The molecular weight excluding hydrogens is 216 g/mol. The third-order valence-corrected chi connectivity index (χ3v) is 4.67. The minimum Gasteiger partial charge on any atom is -0.368 e. The van der Waals surface area contributed by atoms with Crippen LogP contribution in [0.1, 0.15) is 26.7 Å². The molecule has 3 fully saturated rings. The van der Waals surface area contributed by atoms with Crippen LogP contribution in [0.3, 0.4) is 0 Å². The second kappa shape index (κ2) is 4.25. The van der Waals surface area contributed by atoms with Crippen molar-refractivity contribution in [3.05, 3.63) is 0 Å². The number of ether oxygens (including phenoxy) is 1. The molecule has 3 aliphatic rings. The maximum Gasteiger partial charge on any atom is 0.252 e. The molecule has 0 spiro atoms. The number of fused-ring (bicyclic) bond motifs is 1. The summed E-state index contributed by atoms with van der Waals surface area (Å²) in [4.78, 5) is 14.7. The van der Waals surface area contributed by atoms with Crippen LogP contribution in [0.4, 0.5) is 0 Å². The van der Waals surface area contributed by atoms with Crippen LogP contribution in [0.25, 0.3) is 0 Å². The van der Waals surface area contributed by atoms with Crippen molar-refractivity contribution in [2.24, 2.45) is 11.8 Å². The van der Waals surface area contributed by atoms with Gasteiger partial charge in [0.25, 0.3) is 5.91 Å². The van der Waals surface area contributed by atoms with E-state index < -0.39 is 0 Å². The Morgan fingerprint density at radius 3 is 2.88 bits per heavy atom. The van der Waals surface area contributed by atoms with Crippen LogP contribution in [-0.2, 0) is 9.53 Å². The summed E-state index contributed by atoms with van der Waals surface area (Å²) >= 11 is 0. The van der Waals surface area contributed by atoms with Crippen molar-refractivity contribution < 1.29 is 9.53 Å². The predicted octanol–water partition coefficient (Wildman–Crippen LogP) is 0.620. The minimum absolute atomic E-state index is 0.184. The van der Waals surface area contributed by atoms with E-state index in [1.807, 2.05) is 0 Å². The predicted molar refractivity (Wildman–Crippen MR) is 64.6 cm³/mol. The summed E-state index contributed by atoms with van der Waals surface area (Å²) in [5.74, 6) is 1.27. The summed E-state index contributed by atoms with van der Waals surface area (Å²) in [5, 5.41) is 3.40. The molecule has 3 saturated heterocycles. The molecular formula is C13H22N2O2. The Hall–Kier alpha value is -0.610. The van der Waals surface area contributed by atoms with Gasteiger partial charge < -0.3 is 15.0 Å². The van der Waals surface area contributed by atoms with Gasteiger partial charge in [0.05, 0.1) is 0 Å². The van der Waals surface area contributed by atoms with Gasteiger partial charge in [0.1, 0.15) is 6.10 Å². The largest absolute Gasteiger partial charge is 0.368 e. The molecule has 3 rings (SSSR count). The number of rotatable bonds is 1. The minimum atomic E-state index is -0.184. The average Bonchev–Trinajstić information content (AvgIpc) is 2.92. The van der Waals surface area contributed by atoms with E-state index >= 15 is 0 Å². The van der Waals surface area contributed by atoms with Crippen LogP contribution in [-0.4, -0.2) is 48.7 Å². The number of nitrogens with one attached hydrogen (secondary N) is 1. The smallest absolute Gasteiger partial charge is 0.252 e. The Kier molecular flexibility index (Phi) is 2.87. The lowest BCUT2D eigenvalue weighted by Crippen LogP contribution is -2.48. The summed E-state index contributed by atoms with van der Waals surface area (Å²) in [6.07, 6.45) is 1.98. The van der Waals surface area contributed by atoms with E-state index in [0.717, 1.165) is 32.5 Å². The zero-order chi connectivity index (χ0) is 12.0. The molecule has 3 heterocycles. The van der Waals surface area contributed by atoms with Gasteiger partial charge >= 0.3 is 0 Å². The lowest BCUT2D eigenvalue weighted by atomic mass is 10.0. The fraction of sp³-hybridized carbons (Fsp3) is 0.923. The second-order valence-electron chi connectivity index (χ2n) is 5.87. The molecule has 0 aromatic carbocycles. The quantitative estimate of drug-likeness (QED) is 0.728. The normalized spacial score (nSPS) is 45.3. The van der Waals surface area contributed by atoms with Crippen molar-refractivity contribution in [3.63, 3.8) is 0 Å². The van der Waals surface area contributed by atoms with Gasteiger partial charge in [-0.3, -0.25) is 4.79 Å². The van der Waals surface area contributed by atoms with Gasteiger partial charge in [-0.25, -0.2) is 0 Å². The molecule has 0 aromatic heterocycles. The zero-order valence-corrected chi connectivity index (χ0v) is 10.7. The van der Waals surface area contributed by atoms with E-state index in [2.05, 4.69) is 24.1 Å². The van der Waals surface area contributed by atoms with Crippen molar-refractivity contribution in [2.75, 3.05) is 19.7 Å². The standard InChI is InChI=1S/C13H22N2O2/c1-8-3-4-17-12(8)13(16)15-9(2)5-10-6-14-7-11(10)15/h8-12,14H,3-7H2,1-2H3. The third kappa shape index (κ3) is 1.78. The SMILES string of the molecule is CC1CCOC1C(=O)N1C(C)CC2CNCC21. The first-order valence-corrected chi connectivity index (χ1v) is 6.83. The Bertz CT molecular complexity index is 321. The number of carbonyl (C=O) groups excluding carboxylic acids is 1. The van der Waals surface area contributed by atoms with Gasteiger partial charge in [0.15, 0.2) is 0 Å². The van der Waals surface area contributed by atoms with Crippen molar-refractivity contribution in [2.45, 2.75) is 44.9 Å². The third-order valence-electron chi connectivity index (χ3n) is 4.67. The van der Waals surface area contributed by atoms with Gasteiger partial charge in [0, 0.05) is 31.8 Å². The molecule has 3 aliphatic heterocycles. The van der Waals surface area contributed by atoms with Gasteiger partial charge in [-0.2, -0.15) is 0 Å². The molecule has 0 radical (unpaired) electrons. The molecule has 5 unspecified atom stereocenters. The highest BCUT2D eigenvalue weighted by atomic mass is 16.5. The lowest BCUT2D eigenvalue weighted by molar-refractivity contribution is -0.145. The van der Waals surface area contributed by atoms with E-state index in [0.29, 0.717) is 23.9 Å². The first-order chi connectivity index (χ1) is 8.18. The molecule has 0 bridgehead atoms. The fourth-order valence-electron chi connectivity index (χ4n) is 3.70. The molecule has 0 aromatic rings. The van der Waals surface area contributed by atoms with E-state index in [1.54, 1.807) is 0 Å². The summed E-state index contributed by atoms with van der Waals surface area (Å²) in [7, 11) is 0. The summed E-state index contributed by atoms with van der Waals surface area (Å²) < 4.78 is 5.62. The maximum atomic E-state index is 12.6. The van der Waals surface area contributed by atoms with Gasteiger partial charge in [-0.1, -0.05) is 6.92 Å². The Labute approximate surface area is 103 Å². The summed E-state index contributed by atoms with van der Waals surface area (Å²) in [6.45, 7) is 7.07. The first-order valence-electron chi connectivity index (χ1n) is 6.83. The molecule has 17 heavy (non-hydrogen) atoms. The van der Waals surface area contributed by atoms with Gasteiger partial charge in [0.2, 0.25) is 0 Å². The summed E-state index contributed by atoms with van der Waals surface area (Å²) in [5.41, 5.74) is 0. The van der Waals surface area contributed by atoms with Crippen molar-refractivity contribution in [1.29, 1.82) is 0 Å². The van der Waals surface area contributed by atoms with E-state index in [9.17, 15) is 4.79 Å². The molecule has 0 aliphatic carbocycles. The highest BCUT2D eigenvalue weighted by molar-refractivity contribution is 5.82. The molecule has 1 N–H and O–H groups in total. The molecule has 96 valence electrons. The van der Waals surface area contributed by atoms with Crippen LogP contribution in [0, 0.1) is 11.8 Å². The molecule has 5 atom stereocenters. The number of nitrogens with zero attached hydrogens (tertiary/aromatic N) is 1. The van der Waals surface area contributed by atoms with Crippen LogP contribution >= 0.6 is 0 Å². The van der Waals surface area contributed by atoms with Crippen LogP contribution in [0.5, 0.6) is 0 Å². The number of likely N-dealkylation sites (tertiary alicyclic amines) is 1. The second-order valence-corrected chi connectivity index (χ2v) is 5.87. The number of hydrogen-bond acceptors (Lipinski definition) is 3. The van der Waals surface area contributed by atoms with Crippen LogP contribution in [0.2, 0.25) is 0 Å². The maximum absolute atomic E-state index is 12.6. The van der Waals surface area contributed by atoms with E-state index in [4.69, 9.17) is 4.74 Å². The highest BCUT2D eigenvalue weighted by Gasteiger charge is 2.47. The monoisotopic (exact) mass is 238 g/mol.